The van der Waals surface area contributed by atoms with Gasteiger partial charge in [0.05, 0.1) is 6.04 Å². The van der Waals surface area contributed by atoms with Gasteiger partial charge >= 0.3 is 0 Å². The molecule has 0 fully saturated rings. The summed E-state index contributed by atoms with van der Waals surface area (Å²) in [7, 11) is 0. The van der Waals surface area contributed by atoms with Gasteiger partial charge in [-0.15, -0.1) is 0 Å². The maximum absolute atomic E-state index is 6.90. The largest absolute Gasteiger partial charge is 0.209 e. The molecule has 0 aliphatic heterocycles. The van der Waals surface area contributed by atoms with Crippen molar-refractivity contribution in [2.75, 3.05) is 0 Å². The molecule has 0 radical (unpaired) electrons. The van der Waals surface area contributed by atoms with Crippen LogP contribution in [0.25, 0.3) is 0 Å². The van der Waals surface area contributed by atoms with Gasteiger partial charge in [0.1, 0.15) is 0 Å². The van der Waals surface area contributed by atoms with Crippen LogP contribution in [0.15, 0.2) is 16.8 Å². The lowest BCUT2D eigenvalue weighted by molar-refractivity contribution is 0.459. The summed E-state index contributed by atoms with van der Waals surface area (Å²) in [6, 6.07) is 0.184. The van der Waals surface area contributed by atoms with Gasteiger partial charge in [-0.1, -0.05) is 18.6 Å². The van der Waals surface area contributed by atoms with Crippen molar-refractivity contribution in [3.63, 3.8) is 0 Å². The Hall–Kier alpha value is -0.660. The van der Waals surface area contributed by atoms with Crippen molar-refractivity contribution in [2.45, 2.75) is 32.7 Å². The van der Waals surface area contributed by atoms with Gasteiger partial charge in [0.15, 0.2) is 0 Å². The summed E-state index contributed by atoms with van der Waals surface area (Å²) in [4.78, 5) is 0. The van der Waals surface area contributed by atoms with Crippen molar-refractivity contribution in [2.24, 2.45) is 11.0 Å². The number of rotatable bonds is 1. The lowest BCUT2D eigenvalue weighted by atomic mass is 9.88. The average Bonchev–Trinajstić information content (AvgIpc) is 1.94. The average molecular weight is 138 g/mol. The third-order valence-electron chi connectivity index (χ3n) is 2.15. The minimum atomic E-state index is 0.184. The molecule has 0 bridgehead atoms. The first-order valence-corrected chi connectivity index (χ1v) is 3.77. The molecule has 2 atom stereocenters. The Bertz CT molecular complexity index is 161. The van der Waals surface area contributed by atoms with Crippen LogP contribution in [0.5, 0.6) is 0 Å². The fourth-order valence-corrected chi connectivity index (χ4v) is 1.34. The number of nitrogens with one attached hydrogen (secondary N) is 1. The maximum Gasteiger partial charge on any atom is 0.0915 e. The lowest BCUT2D eigenvalue weighted by Gasteiger charge is -2.21. The van der Waals surface area contributed by atoms with E-state index in [0.717, 1.165) is 12.8 Å². The highest BCUT2D eigenvalue weighted by Crippen LogP contribution is 2.24. The fraction of sp³-hybridized carbons (Fsp3) is 0.750. The molecule has 1 aliphatic rings. The molecule has 0 saturated heterocycles. The summed E-state index contributed by atoms with van der Waals surface area (Å²) in [6.07, 6.45) is 4.43. The van der Waals surface area contributed by atoms with Crippen LogP contribution in [-0.2, 0) is 0 Å². The third kappa shape index (κ3) is 1.43. The van der Waals surface area contributed by atoms with E-state index in [2.05, 4.69) is 25.0 Å². The maximum atomic E-state index is 6.90. The zero-order valence-corrected chi connectivity index (χ0v) is 6.59. The zero-order chi connectivity index (χ0) is 7.56. The van der Waals surface area contributed by atoms with Crippen LogP contribution in [-0.4, -0.2) is 6.04 Å². The Morgan fingerprint density at radius 1 is 1.70 bits per heavy atom. The number of allylic oxidation sites excluding steroid dienone is 1. The van der Waals surface area contributed by atoms with Gasteiger partial charge < -0.3 is 0 Å². The Balaban J connectivity index is 2.65. The summed E-state index contributed by atoms with van der Waals surface area (Å²) in [5.41, 5.74) is 8.17. The standard InChI is InChI=1S/C8H14N2/c1-6-3-4-7(2)8(5-6)10-9/h4,6,8-9H,3,5H2,1-2H3. The Morgan fingerprint density at radius 3 is 2.90 bits per heavy atom. The molecule has 0 aromatic heterocycles. The van der Waals surface area contributed by atoms with Gasteiger partial charge in [0.2, 0.25) is 0 Å². The van der Waals surface area contributed by atoms with Crippen LogP contribution in [0.1, 0.15) is 26.7 Å². The topological polar surface area (TPSA) is 36.2 Å². The Morgan fingerprint density at radius 2 is 2.40 bits per heavy atom. The molecule has 10 heavy (non-hydrogen) atoms. The second kappa shape index (κ2) is 2.95. The van der Waals surface area contributed by atoms with Gasteiger partial charge in [-0.3, -0.25) is 0 Å². The van der Waals surface area contributed by atoms with Crippen LogP contribution >= 0.6 is 0 Å². The Labute approximate surface area is 61.8 Å². The summed E-state index contributed by atoms with van der Waals surface area (Å²) in [6.45, 7) is 4.27. The van der Waals surface area contributed by atoms with Crippen molar-refractivity contribution in [1.29, 1.82) is 5.53 Å². The second-order valence-electron chi connectivity index (χ2n) is 3.17. The summed E-state index contributed by atoms with van der Waals surface area (Å²) >= 11 is 0. The molecule has 0 heterocycles. The molecule has 1 N–H and O–H groups in total. The van der Waals surface area contributed by atoms with Gasteiger partial charge in [0.25, 0.3) is 0 Å². The highest BCUT2D eigenvalue weighted by molar-refractivity contribution is 5.11. The van der Waals surface area contributed by atoms with Gasteiger partial charge in [-0.05, 0) is 25.7 Å². The molecule has 0 aromatic carbocycles. The first-order valence-electron chi connectivity index (χ1n) is 3.77. The molecule has 2 unspecified atom stereocenters. The van der Waals surface area contributed by atoms with Crippen molar-refractivity contribution in [3.8, 4) is 0 Å². The van der Waals surface area contributed by atoms with E-state index in [1.54, 1.807) is 0 Å². The quantitative estimate of drug-likeness (QED) is 0.427. The summed E-state index contributed by atoms with van der Waals surface area (Å²) in [5, 5.41) is 3.56. The predicted molar refractivity (Wildman–Crippen MR) is 41.1 cm³/mol. The van der Waals surface area contributed by atoms with Gasteiger partial charge in [0, 0.05) is 0 Å². The lowest BCUT2D eigenvalue weighted by Crippen LogP contribution is -2.15. The molecular formula is C8H14N2. The van der Waals surface area contributed by atoms with Crippen LogP contribution < -0.4 is 0 Å². The molecule has 2 nitrogen and oxygen atoms in total. The van der Waals surface area contributed by atoms with Crippen LogP contribution in [0.3, 0.4) is 0 Å². The minimum absolute atomic E-state index is 0.184. The predicted octanol–water partition coefficient (Wildman–Crippen LogP) is 2.76. The van der Waals surface area contributed by atoms with E-state index in [1.165, 1.54) is 5.57 Å². The van der Waals surface area contributed by atoms with Crippen molar-refractivity contribution >= 4 is 0 Å². The smallest absolute Gasteiger partial charge is 0.0915 e. The number of hydrogen-bond donors (Lipinski definition) is 1. The molecular weight excluding hydrogens is 124 g/mol. The second-order valence-corrected chi connectivity index (χ2v) is 3.17. The van der Waals surface area contributed by atoms with Crippen molar-refractivity contribution < 1.29 is 0 Å². The highest BCUT2D eigenvalue weighted by Gasteiger charge is 2.17. The summed E-state index contributed by atoms with van der Waals surface area (Å²) in [5.74, 6) is 0.711. The molecule has 0 amide bonds. The fourth-order valence-electron chi connectivity index (χ4n) is 1.34. The number of hydrogen-bond acceptors (Lipinski definition) is 2. The van der Waals surface area contributed by atoms with E-state index in [4.69, 9.17) is 5.53 Å². The molecule has 0 spiro atoms. The molecule has 0 aromatic rings. The molecule has 2 heteroatoms. The normalized spacial score (nSPS) is 33.2. The molecule has 1 aliphatic carbocycles. The molecule has 1 rings (SSSR count). The first-order chi connectivity index (χ1) is 4.74. The van der Waals surface area contributed by atoms with Crippen LogP contribution in [0, 0.1) is 11.4 Å². The first kappa shape index (κ1) is 7.45. The van der Waals surface area contributed by atoms with E-state index >= 15 is 0 Å². The van der Waals surface area contributed by atoms with E-state index in [9.17, 15) is 0 Å². The molecule has 56 valence electrons. The van der Waals surface area contributed by atoms with Crippen LogP contribution in [0.2, 0.25) is 0 Å². The monoisotopic (exact) mass is 138 g/mol. The van der Waals surface area contributed by atoms with E-state index in [-0.39, 0.29) is 6.04 Å². The number of nitrogens with zero attached hydrogens (tertiary/aromatic N) is 1. The van der Waals surface area contributed by atoms with Gasteiger partial charge in [-0.2, -0.15) is 5.11 Å². The van der Waals surface area contributed by atoms with Gasteiger partial charge in [-0.25, -0.2) is 5.53 Å². The Kier molecular flexibility index (Phi) is 2.20. The molecule has 0 saturated carbocycles. The summed E-state index contributed by atoms with van der Waals surface area (Å²) < 4.78 is 0. The zero-order valence-electron chi connectivity index (χ0n) is 6.59. The van der Waals surface area contributed by atoms with E-state index in [1.807, 2.05) is 0 Å². The van der Waals surface area contributed by atoms with E-state index in [0.29, 0.717) is 5.92 Å². The minimum Gasteiger partial charge on any atom is -0.209 e. The highest BCUT2D eigenvalue weighted by atomic mass is 15.0. The SMILES string of the molecule is CC1=CCC(C)CC1N=N. The van der Waals surface area contributed by atoms with Crippen molar-refractivity contribution in [3.05, 3.63) is 11.6 Å². The van der Waals surface area contributed by atoms with Crippen molar-refractivity contribution in [1.82, 2.24) is 0 Å². The van der Waals surface area contributed by atoms with Crippen LogP contribution in [0.4, 0.5) is 0 Å². The van der Waals surface area contributed by atoms with E-state index < -0.39 is 0 Å². The third-order valence-corrected chi connectivity index (χ3v) is 2.15.